The van der Waals surface area contributed by atoms with Crippen molar-refractivity contribution < 1.29 is 4.79 Å². The molecule has 1 aliphatic heterocycles. The third kappa shape index (κ3) is 4.33. The molecule has 1 aromatic carbocycles. The average Bonchev–Trinajstić information content (AvgIpc) is 3.19. The first-order valence-corrected chi connectivity index (χ1v) is 9.58. The summed E-state index contributed by atoms with van der Waals surface area (Å²) in [5, 5.41) is 13.3. The summed E-state index contributed by atoms with van der Waals surface area (Å²) in [6.45, 7) is 4.35. The second kappa shape index (κ2) is 7.77. The van der Waals surface area contributed by atoms with Gasteiger partial charge in [-0.1, -0.05) is 55.9 Å². The van der Waals surface area contributed by atoms with Gasteiger partial charge in [0.25, 0.3) is 0 Å². The number of hydrogen-bond donors (Lipinski definition) is 1. The van der Waals surface area contributed by atoms with E-state index in [1.807, 2.05) is 17.5 Å². The van der Waals surface area contributed by atoms with Crippen molar-refractivity contribution in [3.63, 3.8) is 0 Å². The summed E-state index contributed by atoms with van der Waals surface area (Å²) in [4.78, 5) is 13.1. The molecule has 0 saturated carbocycles. The lowest BCUT2D eigenvalue weighted by Crippen LogP contribution is -2.25. The van der Waals surface area contributed by atoms with Crippen molar-refractivity contribution >= 4 is 40.4 Å². The summed E-state index contributed by atoms with van der Waals surface area (Å²) < 4.78 is 0. The van der Waals surface area contributed by atoms with Gasteiger partial charge in [-0.2, -0.15) is 5.10 Å². The molecule has 1 aliphatic rings. The van der Waals surface area contributed by atoms with Crippen LogP contribution in [-0.4, -0.2) is 22.5 Å². The molecule has 0 radical (unpaired) electrons. The van der Waals surface area contributed by atoms with Gasteiger partial charge in [0.2, 0.25) is 5.91 Å². The van der Waals surface area contributed by atoms with Crippen LogP contribution in [-0.2, 0) is 11.2 Å². The first-order chi connectivity index (χ1) is 11.6. The van der Waals surface area contributed by atoms with Gasteiger partial charge < -0.3 is 5.32 Å². The van der Waals surface area contributed by atoms with Gasteiger partial charge in [-0.05, 0) is 34.9 Å². The number of amidine groups is 1. The fourth-order valence-corrected chi connectivity index (χ4v) is 3.89. The van der Waals surface area contributed by atoms with Crippen molar-refractivity contribution in [3.8, 4) is 0 Å². The molecule has 6 heteroatoms. The number of benzene rings is 1. The summed E-state index contributed by atoms with van der Waals surface area (Å²) in [6, 6.07) is 12.4. The molecule has 4 nitrogen and oxygen atoms in total. The molecular formula is C18H19N3OS2. The molecule has 1 aromatic heterocycles. The number of hydrogen-bond acceptors (Lipinski definition) is 5. The number of carbonyl (C=O) groups is 1. The third-order valence-corrected chi connectivity index (χ3v) is 5.60. The number of amides is 1. The minimum atomic E-state index is -0.148. The molecule has 2 aromatic rings. The number of thiophene rings is 1. The molecule has 3 rings (SSSR count). The molecule has 1 atom stereocenters. The highest BCUT2D eigenvalue weighted by Gasteiger charge is 2.30. The van der Waals surface area contributed by atoms with E-state index in [1.54, 1.807) is 17.6 Å². The zero-order valence-electron chi connectivity index (χ0n) is 13.6. The van der Waals surface area contributed by atoms with Crippen molar-refractivity contribution in [2.75, 3.05) is 0 Å². The van der Waals surface area contributed by atoms with E-state index in [1.165, 1.54) is 17.3 Å². The van der Waals surface area contributed by atoms with Crippen molar-refractivity contribution in [2.24, 2.45) is 10.2 Å². The fourth-order valence-electron chi connectivity index (χ4n) is 2.34. The van der Waals surface area contributed by atoms with Crippen LogP contribution in [0, 0.1) is 0 Å². The quantitative estimate of drug-likeness (QED) is 0.649. The van der Waals surface area contributed by atoms with Crippen molar-refractivity contribution in [2.45, 2.75) is 31.4 Å². The molecule has 0 unspecified atom stereocenters. The van der Waals surface area contributed by atoms with Gasteiger partial charge in [-0.15, -0.1) is 16.4 Å². The van der Waals surface area contributed by atoms with Crippen LogP contribution in [0.2, 0.25) is 0 Å². The molecule has 124 valence electrons. The lowest BCUT2D eigenvalue weighted by atomic mass is 10.0. The average molecular weight is 358 g/mol. The van der Waals surface area contributed by atoms with Crippen molar-refractivity contribution in [1.29, 1.82) is 0 Å². The summed E-state index contributed by atoms with van der Waals surface area (Å²) >= 11 is 3.04. The molecular weight excluding hydrogens is 338 g/mol. The maximum absolute atomic E-state index is 12.1. The van der Waals surface area contributed by atoms with E-state index in [0.717, 1.165) is 10.4 Å². The van der Waals surface area contributed by atoms with Crippen LogP contribution in [0.25, 0.3) is 0 Å². The molecule has 0 bridgehead atoms. The Morgan fingerprint density at radius 2 is 2.04 bits per heavy atom. The van der Waals surface area contributed by atoms with Crippen LogP contribution in [0.3, 0.4) is 0 Å². The van der Waals surface area contributed by atoms with Gasteiger partial charge in [-0.3, -0.25) is 4.79 Å². The van der Waals surface area contributed by atoms with Crippen LogP contribution >= 0.6 is 23.1 Å². The third-order valence-electron chi connectivity index (χ3n) is 3.72. The molecule has 1 saturated heterocycles. The zero-order chi connectivity index (χ0) is 16.9. The molecule has 24 heavy (non-hydrogen) atoms. The smallest absolute Gasteiger partial charge is 0.239 e. The van der Waals surface area contributed by atoms with Gasteiger partial charge in [-0.25, -0.2) is 0 Å². The highest BCUT2D eigenvalue weighted by Crippen LogP contribution is 2.24. The maximum Gasteiger partial charge on any atom is 0.239 e. The zero-order valence-corrected chi connectivity index (χ0v) is 15.2. The lowest BCUT2D eigenvalue weighted by molar-refractivity contribution is -0.118. The van der Waals surface area contributed by atoms with Crippen LogP contribution in [0.1, 0.15) is 35.8 Å². The molecule has 0 aliphatic carbocycles. The number of nitrogens with one attached hydrogen (secondary N) is 1. The Balaban J connectivity index is 1.60. The predicted octanol–water partition coefficient (Wildman–Crippen LogP) is 4.04. The Labute approximate surface area is 150 Å². The molecule has 1 fully saturated rings. The molecule has 1 N–H and O–H groups in total. The first-order valence-electron chi connectivity index (χ1n) is 7.82. The van der Waals surface area contributed by atoms with Gasteiger partial charge in [0.05, 0.1) is 11.5 Å². The highest BCUT2D eigenvalue weighted by molar-refractivity contribution is 8.15. The maximum atomic E-state index is 12.1. The van der Waals surface area contributed by atoms with E-state index in [4.69, 9.17) is 0 Å². The fraction of sp³-hybridized carbons (Fsp3) is 0.278. The Hall–Kier alpha value is -1.92. The summed E-state index contributed by atoms with van der Waals surface area (Å²) in [7, 11) is 0. The van der Waals surface area contributed by atoms with E-state index < -0.39 is 0 Å². The summed E-state index contributed by atoms with van der Waals surface area (Å²) in [6.07, 6.45) is 2.39. The first kappa shape index (κ1) is 16.9. The molecule has 1 amide bonds. The van der Waals surface area contributed by atoms with Crippen LogP contribution in [0.4, 0.5) is 0 Å². The van der Waals surface area contributed by atoms with Crippen LogP contribution in [0.15, 0.2) is 52.0 Å². The van der Waals surface area contributed by atoms with Gasteiger partial charge in [0.15, 0.2) is 5.17 Å². The highest BCUT2D eigenvalue weighted by atomic mass is 32.2. The van der Waals surface area contributed by atoms with Gasteiger partial charge in [0, 0.05) is 4.88 Å². The van der Waals surface area contributed by atoms with E-state index in [9.17, 15) is 4.79 Å². The topological polar surface area (TPSA) is 53.8 Å². The lowest BCUT2D eigenvalue weighted by Gasteiger charge is -2.08. The number of rotatable bonds is 5. The summed E-state index contributed by atoms with van der Waals surface area (Å²) in [5.41, 5.74) is 2.47. The second-order valence-corrected chi connectivity index (χ2v) is 8.03. The Morgan fingerprint density at radius 3 is 2.71 bits per heavy atom. The van der Waals surface area contributed by atoms with Gasteiger partial charge >= 0.3 is 0 Å². The van der Waals surface area contributed by atoms with E-state index in [-0.39, 0.29) is 11.2 Å². The molecule has 0 spiro atoms. The minimum absolute atomic E-state index is 0.00184. The van der Waals surface area contributed by atoms with E-state index >= 15 is 0 Å². The monoisotopic (exact) mass is 357 g/mol. The van der Waals surface area contributed by atoms with Crippen molar-refractivity contribution in [1.82, 2.24) is 5.32 Å². The number of carbonyl (C=O) groups excluding carboxylic acids is 1. The standard InChI is InChI=1S/C18H19N3OS2/c1-12(2)14-7-5-13(6-8-14)10-16-17(22)20-18(24-16)21-19-11-15-4-3-9-23-15/h3-9,11-12,16H,10H2,1-2H3,(H,20,21,22)/b19-11-/t16-/m0/s1. The van der Waals surface area contributed by atoms with Crippen molar-refractivity contribution in [3.05, 3.63) is 57.8 Å². The summed E-state index contributed by atoms with van der Waals surface area (Å²) in [5.74, 6) is 0.515. The minimum Gasteiger partial charge on any atom is -0.303 e. The van der Waals surface area contributed by atoms with E-state index in [2.05, 4.69) is 53.6 Å². The second-order valence-electron chi connectivity index (χ2n) is 5.86. The molecule has 2 heterocycles. The normalized spacial score (nSPS) is 19.5. The van der Waals surface area contributed by atoms with Gasteiger partial charge in [0.1, 0.15) is 0 Å². The van der Waals surface area contributed by atoms with E-state index in [0.29, 0.717) is 17.5 Å². The SMILES string of the molecule is CC(C)c1ccc(C[C@@H]2S/C(=N/N=C\c3cccs3)NC2=O)cc1. The number of thioether (sulfide) groups is 1. The largest absolute Gasteiger partial charge is 0.303 e. The van der Waals surface area contributed by atoms with Crippen LogP contribution in [0.5, 0.6) is 0 Å². The Morgan fingerprint density at radius 1 is 1.25 bits per heavy atom. The number of nitrogens with zero attached hydrogens (tertiary/aromatic N) is 2. The van der Waals surface area contributed by atoms with Crippen LogP contribution < -0.4 is 5.32 Å². The Bertz CT molecular complexity index is 749. The Kier molecular flexibility index (Phi) is 5.48. The predicted molar refractivity (Wildman–Crippen MR) is 103 cm³/mol.